The third kappa shape index (κ3) is 6.81. The van der Waals surface area contributed by atoms with Gasteiger partial charge in [-0.05, 0) is 43.6 Å². The van der Waals surface area contributed by atoms with Crippen LogP contribution in [-0.2, 0) is 11.2 Å². The second-order valence-corrected chi connectivity index (χ2v) is 8.72. The normalized spacial score (nSPS) is 19.8. The zero-order valence-corrected chi connectivity index (χ0v) is 17.4. The van der Waals surface area contributed by atoms with Gasteiger partial charge in [0.25, 0.3) is 0 Å². The molecule has 1 atom stereocenters. The first kappa shape index (κ1) is 20.1. The number of amides is 1. The van der Waals surface area contributed by atoms with Gasteiger partial charge in [-0.1, -0.05) is 13.0 Å². The van der Waals surface area contributed by atoms with Crippen molar-refractivity contribution >= 4 is 23.2 Å². The molecule has 0 bridgehead atoms. The molecule has 6 nitrogen and oxygen atoms in total. The number of thiophene rings is 1. The predicted molar refractivity (Wildman–Crippen MR) is 112 cm³/mol. The Balaban J connectivity index is 1.44. The third-order valence-corrected chi connectivity index (χ3v) is 5.90. The van der Waals surface area contributed by atoms with Crippen LogP contribution >= 0.6 is 11.3 Å². The summed E-state index contributed by atoms with van der Waals surface area (Å²) in [5, 5.41) is 8.65. The lowest BCUT2D eigenvalue weighted by Crippen LogP contribution is -2.54. The summed E-state index contributed by atoms with van der Waals surface area (Å²) in [7, 11) is 0. The van der Waals surface area contributed by atoms with E-state index in [9.17, 15) is 4.79 Å². The average molecular weight is 392 g/mol. The molecule has 27 heavy (non-hydrogen) atoms. The highest BCUT2D eigenvalue weighted by Crippen LogP contribution is 2.18. The van der Waals surface area contributed by atoms with Crippen LogP contribution in [0.4, 0.5) is 0 Å². The van der Waals surface area contributed by atoms with Crippen molar-refractivity contribution in [3.8, 4) is 0 Å². The van der Waals surface area contributed by atoms with Crippen LogP contribution in [0.2, 0.25) is 0 Å². The maximum absolute atomic E-state index is 12.0. The number of hydrogen-bond acceptors (Lipinski definition) is 4. The van der Waals surface area contributed by atoms with Crippen LogP contribution in [0.3, 0.4) is 0 Å². The maximum Gasteiger partial charge on any atom is 0.234 e. The summed E-state index contributed by atoms with van der Waals surface area (Å²) >= 11 is 1.82. The minimum absolute atomic E-state index is 0.175. The molecule has 150 valence electrons. The molecule has 2 fully saturated rings. The van der Waals surface area contributed by atoms with Gasteiger partial charge in [-0.2, -0.15) is 0 Å². The summed E-state index contributed by atoms with van der Waals surface area (Å²) in [4.78, 5) is 22.9. The van der Waals surface area contributed by atoms with Crippen LogP contribution in [0, 0.1) is 5.92 Å². The molecule has 0 spiro atoms. The highest BCUT2D eigenvalue weighted by Gasteiger charge is 2.25. The van der Waals surface area contributed by atoms with E-state index in [1.54, 1.807) is 0 Å². The minimum atomic E-state index is 0.175. The molecule has 3 rings (SSSR count). The van der Waals surface area contributed by atoms with Gasteiger partial charge in [0.1, 0.15) is 0 Å². The van der Waals surface area contributed by atoms with Crippen LogP contribution in [0.1, 0.15) is 31.6 Å². The number of hydrogen-bond donors (Lipinski definition) is 2. The van der Waals surface area contributed by atoms with Gasteiger partial charge in [0.2, 0.25) is 5.91 Å². The lowest BCUT2D eigenvalue weighted by molar-refractivity contribution is -0.122. The van der Waals surface area contributed by atoms with Crippen molar-refractivity contribution < 1.29 is 4.79 Å². The molecule has 0 radical (unpaired) electrons. The van der Waals surface area contributed by atoms with E-state index in [4.69, 9.17) is 4.99 Å². The van der Waals surface area contributed by atoms with Crippen LogP contribution < -0.4 is 10.6 Å². The Labute approximate surface area is 167 Å². The summed E-state index contributed by atoms with van der Waals surface area (Å²) in [6.07, 6.45) is 3.38. The third-order valence-electron chi connectivity index (χ3n) is 5.00. The Morgan fingerprint density at radius 2 is 2.11 bits per heavy atom. The minimum Gasteiger partial charge on any atom is -0.357 e. The monoisotopic (exact) mass is 391 g/mol. The van der Waals surface area contributed by atoms with E-state index in [0.717, 1.165) is 64.5 Å². The first-order valence-electron chi connectivity index (χ1n) is 10.2. The molecular weight excluding hydrogens is 358 g/mol. The first-order chi connectivity index (χ1) is 13.1. The number of carbonyl (C=O) groups is 1. The van der Waals surface area contributed by atoms with E-state index in [2.05, 4.69) is 51.8 Å². The van der Waals surface area contributed by atoms with Gasteiger partial charge in [0.15, 0.2) is 5.96 Å². The fraction of sp³-hybridized carbons (Fsp3) is 0.700. The van der Waals surface area contributed by atoms with Crippen molar-refractivity contribution in [1.82, 2.24) is 20.4 Å². The summed E-state index contributed by atoms with van der Waals surface area (Å²) in [5.74, 6) is 1.72. The number of rotatable bonds is 8. The number of aliphatic imine (C=N–C) groups is 1. The zero-order chi connectivity index (χ0) is 19.1. The second-order valence-electron chi connectivity index (χ2n) is 7.69. The largest absolute Gasteiger partial charge is 0.357 e. The Hall–Kier alpha value is -1.60. The smallest absolute Gasteiger partial charge is 0.234 e. The first-order valence-corrected chi connectivity index (χ1v) is 11.1. The van der Waals surface area contributed by atoms with Crippen molar-refractivity contribution in [3.05, 3.63) is 22.4 Å². The van der Waals surface area contributed by atoms with Crippen molar-refractivity contribution in [1.29, 1.82) is 0 Å². The molecule has 1 saturated carbocycles. The summed E-state index contributed by atoms with van der Waals surface area (Å²) < 4.78 is 0. The molecule has 2 N–H and O–H groups in total. The van der Waals surface area contributed by atoms with Crippen LogP contribution in [-0.4, -0.2) is 73.5 Å². The Morgan fingerprint density at radius 1 is 1.33 bits per heavy atom. The molecule has 2 heterocycles. The van der Waals surface area contributed by atoms with Gasteiger partial charge < -0.3 is 15.5 Å². The van der Waals surface area contributed by atoms with E-state index < -0.39 is 0 Å². The van der Waals surface area contributed by atoms with Crippen LogP contribution in [0.5, 0.6) is 0 Å². The number of nitrogens with zero attached hydrogens (tertiary/aromatic N) is 3. The van der Waals surface area contributed by atoms with Crippen molar-refractivity contribution in [3.63, 3.8) is 0 Å². The number of carbonyl (C=O) groups excluding carboxylic acids is 1. The summed E-state index contributed by atoms with van der Waals surface area (Å²) in [6, 6.07) is 4.77. The van der Waals surface area contributed by atoms with E-state index in [1.807, 2.05) is 11.3 Å². The number of piperazine rings is 1. The van der Waals surface area contributed by atoms with Crippen LogP contribution in [0.15, 0.2) is 22.5 Å². The average Bonchev–Trinajstić information content (AvgIpc) is 3.31. The van der Waals surface area contributed by atoms with E-state index in [-0.39, 0.29) is 5.91 Å². The van der Waals surface area contributed by atoms with Gasteiger partial charge in [-0.25, -0.2) is 0 Å². The summed E-state index contributed by atoms with van der Waals surface area (Å²) in [5.41, 5.74) is 0. The van der Waals surface area contributed by atoms with Gasteiger partial charge in [-0.15, -0.1) is 11.3 Å². The SMILES string of the molecule is CCNC(=NCC(C)Cc1cccs1)N1CCN(CC(=O)NC2CC2)CC1. The Morgan fingerprint density at radius 3 is 2.74 bits per heavy atom. The molecule has 7 heteroatoms. The van der Waals surface area contributed by atoms with E-state index >= 15 is 0 Å². The van der Waals surface area contributed by atoms with Gasteiger partial charge in [0, 0.05) is 50.2 Å². The fourth-order valence-electron chi connectivity index (χ4n) is 3.33. The molecule has 1 amide bonds. The second kappa shape index (κ2) is 10.1. The molecule has 2 aliphatic rings. The lowest BCUT2D eigenvalue weighted by Gasteiger charge is -2.36. The standard InChI is InChI=1S/C20H33N5OS/c1-3-21-20(22-14-16(2)13-18-5-4-12-27-18)25-10-8-24(9-11-25)15-19(26)23-17-6-7-17/h4-5,12,16-17H,3,6-11,13-15H2,1-2H3,(H,21,22)(H,23,26). The molecular formula is C20H33N5OS. The van der Waals surface area contributed by atoms with Crippen molar-refractivity contribution in [2.45, 2.75) is 39.2 Å². The number of guanidine groups is 1. The van der Waals surface area contributed by atoms with Crippen molar-refractivity contribution in [2.75, 3.05) is 45.8 Å². The molecule has 1 aliphatic heterocycles. The lowest BCUT2D eigenvalue weighted by atomic mass is 10.1. The zero-order valence-electron chi connectivity index (χ0n) is 16.6. The van der Waals surface area contributed by atoms with Crippen LogP contribution in [0.25, 0.3) is 0 Å². The fourth-order valence-corrected chi connectivity index (χ4v) is 4.20. The van der Waals surface area contributed by atoms with Gasteiger partial charge in [-0.3, -0.25) is 14.7 Å². The predicted octanol–water partition coefficient (Wildman–Crippen LogP) is 1.79. The van der Waals surface area contributed by atoms with E-state index in [0.29, 0.717) is 18.5 Å². The number of nitrogens with one attached hydrogen (secondary N) is 2. The molecule has 1 aliphatic carbocycles. The molecule has 0 aromatic carbocycles. The van der Waals surface area contributed by atoms with Crippen molar-refractivity contribution in [2.24, 2.45) is 10.9 Å². The molecule has 1 saturated heterocycles. The highest BCUT2D eigenvalue weighted by molar-refractivity contribution is 7.09. The van der Waals surface area contributed by atoms with E-state index in [1.165, 1.54) is 4.88 Å². The molecule has 1 aromatic heterocycles. The van der Waals surface area contributed by atoms with Gasteiger partial charge >= 0.3 is 0 Å². The Bertz CT molecular complexity index is 606. The Kier molecular flexibility index (Phi) is 7.52. The summed E-state index contributed by atoms with van der Waals surface area (Å²) in [6.45, 7) is 10.3. The maximum atomic E-state index is 12.0. The van der Waals surface area contributed by atoms with Gasteiger partial charge in [0.05, 0.1) is 6.54 Å². The molecule has 1 unspecified atom stereocenters. The molecule has 1 aromatic rings. The topological polar surface area (TPSA) is 60.0 Å². The quantitative estimate of drug-likeness (QED) is 0.524. The highest BCUT2D eigenvalue weighted by atomic mass is 32.1.